The summed E-state index contributed by atoms with van der Waals surface area (Å²) in [6.45, 7) is 6.28. The van der Waals surface area contributed by atoms with Gasteiger partial charge in [0.25, 0.3) is 0 Å². The van der Waals surface area contributed by atoms with Crippen molar-refractivity contribution in [2.45, 2.75) is 39.5 Å². The Morgan fingerprint density at radius 3 is 2.00 bits per heavy atom. The van der Waals surface area contributed by atoms with E-state index in [1.54, 1.807) is 37.3 Å². The number of hydrogen-bond acceptors (Lipinski definition) is 4. The van der Waals surface area contributed by atoms with Gasteiger partial charge in [0.15, 0.2) is 0 Å². The highest BCUT2D eigenvalue weighted by molar-refractivity contribution is 5.81. The van der Waals surface area contributed by atoms with E-state index in [1.807, 2.05) is 0 Å². The van der Waals surface area contributed by atoms with Gasteiger partial charge in [-0.1, -0.05) is 13.8 Å². The molecule has 0 fully saturated rings. The lowest BCUT2D eigenvalue weighted by Gasteiger charge is -2.12. The molecule has 2 aromatic rings. The molecule has 0 aliphatic carbocycles. The Morgan fingerprint density at radius 1 is 0.933 bits per heavy atom. The molecular weight excluding hydrogens is 397 g/mol. The minimum Gasteiger partial charge on any atom is -0.487 e. The van der Waals surface area contributed by atoms with Crippen molar-refractivity contribution in [1.82, 2.24) is 0 Å². The molecule has 0 N–H and O–H groups in total. The molecule has 0 saturated carbocycles. The van der Waals surface area contributed by atoms with Crippen molar-refractivity contribution in [3.05, 3.63) is 66.2 Å². The van der Waals surface area contributed by atoms with Crippen molar-refractivity contribution in [3.63, 3.8) is 0 Å². The SMILES string of the molecule is CC(C)CCOC(=O)/C=C/C(C)Oc1ccc(Oc2ccc(C(F)(F)F)cc2)cc1. The summed E-state index contributed by atoms with van der Waals surface area (Å²) in [6.07, 6.45) is -0.985. The molecule has 30 heavy (non-hydrogen) atoms. The van der Waals surface area contributed by atoms with Gasteiger partial charge in [-0.25, -0.2) is 4.79 Å². The fourth-order valence-corrected chi connectivity index (χ4v) is 2.35. The average molecular weight is 422 g/mol. The Kier molecular flexibility index (Phi) is 8.33. The van der Waals surface area contributed by atoms with Crippen molar-refractivity contribution in [3.8, 4) is 17.2 Å². The second kappa shape index (κ2) is 10.7. The fraction of sp³-hybridized carbons (Fsp3) is 0.348. The number of carbonyl (C=O) groups is 1. The van der Waals surface area contributed by atoms with E-state index >= 15 is 0 Å². The van der Waals surface area contributed by atoms with Gasteiger partial charge >= 0.3 is 12.1 Å². The molecule has 0 heterocycles. The molecule has 0 radical (unpaired) electrons. The summed E-state index contributed by atoms with van der Waals surface area (Å²) in [5.74, 6) is 1.37. The maximum atomic E-state index is 12.6. The zero-order chi connectivity index (χ0) is 22.1. The molecule has 0 aliphatic heterocycles. The molecule has 162 valence electrons. The molecule has 0 amide bonds. The van der Waals surface area contributed by atoms with Gasteiger partial charge in [0.2, 0.25) is 0 Å². The Hall–Kier alpha value is -2.96. The largest absolute Gasteiger partial charge is 0.487 e. The molecule has 2 rings (SSSR count). The van der Waals surface area contributed by atoms with Gasteiger partial charge in [-0.2, -0.15) is 13.2 Å². The second-order valence-electron chi connectivity index (χ2n) is 7.13. The summed E-state index contributed by atoms with van der Waals surface area (Å²) in [4.78, 5) is 11.6. The van der Waals surface area contributed by atoms with Gasteiger partial charge in [-0.15, -0.1) is 0 Å². The van der Waals surface area contributed by atoms with Gasteiger partial charge in [-0.05, 0) is 73.9 Å². The first-order valence-corrected chi connectivity index (χ1v) is 9.60. The molecule has 4 nitrogen and oxygen atoms in total. The standard InChI is InChI=1S/C23H25F3O4/c1-16(2)14-15-28-22(27)13-4-17(3)29-19-9-11-21(12-10-19)30-20-7-5-18(6-8-20)23(24,25)26/h4-13,16-17H,14-15H2,1-3H3/b13-4+. The van der Waals surface area contributed by atoms with Gasteiger partial charge in [0.05, 0.1) is 12.2 Å². The summed E-state index contributed by atoms with van der Waals surface area (Å²) >= 11 is 0. The third kappa shape index (κ3) is 8.19. The van der Waals surface area contributed by atoms with E-state index in [0.717, 1.165) is 18.6 Å². The van der Waals surface area contributed by atoms with Gasteiger partial charge < -0.3 is 14.2 Å². The molecule has 0 aromatic heterocycles. The van der Waals surface area contributed by atoms with Crippen LogP contribution in [0.1, 0.15) is 32.8 Å². The fourth-order valence-electron chi connectivity index (χ4n) is 2.35. The van der Waals surface area contributed by atoms with E-state index in [1.165, 1.54) is 18.2 Å². The predicted molar refractivity (Wildman–Crippen MR) is 108 cm³/mol. The number of ether oxygens (including phenoxy) is 3. The Balaban J connectivity index is 1.83. The van der Waals surface area contributed by atoms with Crippen molar-refractivity contribution in [2.24, 2.45) is 5.92 Å². The van der Waals surface area contributed by atoms with Crippen LogP contribution in [0, 0.1) is 5.92 Å². The first kappa shape index (κ1) is 23.3. The van der Waals surface area contributed by atoms with E-state index in [0.29, 0.717) is 29.8 Å². The van der Waals surface area contributed by atoms with E-state index in [2.05, 4.69) is 13.8 Å². The number of carbonyl (C=O) groups excluding carboxylic acids is 1. The minimum absolute atomic E-state index is 0.295. The third-order valence-electron chi connectivity index (χ3n) is 4.01. The third-order valence-corrected chi connectivity index (χ3v) is 4.01. The van der Waals surface area contributed by atoms with Crippen LogP contribution < -0.4 is 9.47 Å². The van der Waals surface area contributed by atoms with E-state index in [-0.39, 0.29) is 6.10 Å². The highest BCUT2D eigenvalue weighted by Gasteiger charge is 2.30. The van der Waals surface area contributed by atoms with E-state index < -0.39 is 17.7 Å². The van der Waals surface area contributed by atoms with Crippen LogP contribution in [-0.4, -0.2) is 18.7 Å². The molecule has 1 unspecified atom stereocenters. The molecule has 0 spiro atoms. The van der Waals surface area contributed by atoms with Crippen LogP contribution in [-0.2, 0) is 15.7 Å². The first-order chi connectivity index (χ1) is 14.1. The van der Waals surface area contributed by atoms with Crippen LogP contribution >= 0.6 is 0 Å². The Labute approximate surface area is 174 Å². The molecule has 7 heteroatoms. The molecule has 0 saturated heterocycles. The number of alkyl halides is 3. The smallest absolute Gasteiger partial charge is 0.416 e. The van der Waals surface area contributed by atoms with Crippen LogP contribution in [0.25, 0.3) is 0 Å². The van der Waals surface area contributed by atoms with Crippen molar-refractivity contribution >= 4 is 5.97 Å². The van der Waals surface area contributed by atoms with Gasteiger partial charge in [0.1, 0.15) is 23.4 Å². The van der Waals surface area contributed by atoms with Gasteiger partial charge in [-0.3, -0.25) is 0 Å². The van der Waals surface area contributed by atoms with Crippen molar-refractivity contribution < 1.29 is 32.2 Å². The quantitative estimate of drug-likeness (QED) is 0.346. The second-order valence-corrected chi connectivity index (χ2v) is 7.13. The van der Waals surface area contributed by atoms with Crippen LogP contribution in [0.5, 0.6) is 17.2 Å². The number of benzene rings is 2. The number of halogens is 3. The molecular formula is C23H25F3O4. The molecule has 2 aromatic carbocycles. The minimum atomic E-state index is -4.38. The summed E-state index contributed by atoms with van der Waals surface area (Å²) in [7, 11) is 0. The maximum absolute atomic E-state index is 12.6. The first-order valence-electron chi connectivity index (χ1n) is 9.60. The lowest BCUT2D eigenvalue weighted by atomic mass is 10.1. The lowest BCUT2D eigenvalue weighted by molar-refractivity contribution is -0.138. The van der Waals surface area contributed by atoms with Crippen molar-refractivity contribution in [1.29, 1.82) is 0 Å². The summed E-state index contributed by atoms with van der Waals surface area (Å²) < 4.78 is 54.1. The number of rotatable bonds is 9. The van der Waals surface area contributed by atoms with E-state index in [4.69, 9.17) is 14.2 Å². The van der Waals surface area contributed by atoms with E-state index in [9.17, 15) is 18.0 Å². The lowest BCUT2D eigenvalue weighted by Crippen LogP contribution is -2.10. The number of hydrogen-bond donors (Lipinski definition) is 0. The topological polar surface area (TPSA) is 44.8 Å². The average Bonchev–Trinajstić information content (AvgIpc) is 2.67. The predicted octanol–water partition coefficient (Wildman–Crippen LogP) is 6.41. The van der Waals surface area contributed by atoms with Crippen LogP contribution in [0.2, 0.25) is 0 Å². The Morgan fingerprint density at radius 2 is 1.47 bits per heavy atom. The summed E-state index contributed by atoms with van der Waals surface area (Å²) in [5.41, 5.74) is -0.732. The Bertz CT molecular complexity index is 825. The molecule has 1 atom stereocenters. The molecule has 0 aliphatic rings. The van der Waals surface area contributed by atoms with Crippen molar-refractivity contribution in [2.75, 3.05) is 6.61 Å². The molecule has 0 bridgehead atoms. The monoisotopic (exact) mass is 422 g/mol. The van der Waals surface area contributed by atoms with Crippen LogP contribution in [0.4, 0.5) is 13.2 Å². The summed E-state index contributed by atoms with van der Waals surface area (Å²) in [5, 5.41) is 0. The zero-order valence-corrected chi connectivity index (χ0v) is 17.1. The maximum Gasteiger partial charge on any atom is 0.416 e. The van der Waals surface area contributed by atoms with Crippen LogP contribution in [0.15, 0.2) is 60.7 Å². The highest BCUT2D eigenvalue weighted by Crippen LogP contribution is 2.31. The summed E-state index contributed by atoms with van der Waals surface area (Å²) in [6, 6.07) is 11.1. The van der Waals surface area contributed by atoms with Crippen LogP contribution in [0.3, 0.4) is 0 Å². The normalized spacial score (nSPS) is 12.8. The highest BCUT2D eigenvalue weighted by atomic mass is 19.4. The number of esters is 1. The van der Waals surface area contributed by atoms with Gasteiger partial charge in [0, 0.05) is 6.08 Å². The zero-order valence-electron chi connectivity index (χ0n) is 17.1.